The first kappa shape index (κ1) is 20.6. The first-order valence-corrected chi connectivity index (χ1v) is 8.95. The van der Waals surface area contributed by atoms with Crippen LogP contribution in [0.25, 0.3) is 0 Å². The van der Waals surface area contributed by atoms with Gasteiger partial charge in [-0.1, -0.05) is 23.7 Å². The molecule has 2 amide bonds. The van der Waals surface area contributed by atoms with Crippen molar-refractivity contribution >= 4 is 23.4 Å². The largest absolute Gasteiger partial charge is 0.394 e. The van der Waals surface area contributed by atoms with Crippen molar-refractivity contribution in [2.75, 3.05) is 20.3 Å². The summed E-state index contributed by atoms with van der Waals surface area (Å²) in [5.74, 6) is -0.373. The molecule has 2 rings (SSSR count). The van der Waals surface area contributed by atoms with E-state index < -0.39 is 6.10 Å². The van der Waals surface area contributed by atoms with Gasteiger partial charge in [-0.3, -0.25) is 9.59 Å². The quantitative estimate of drug-likeness (QED) is 0.621. The Labute approximate surface area is 158 Å². The van der Waals surface area contributed by atoms with Crippen LogP contribution < -0.4 is 10.6 Å². The number of benzene rings is 1. The lowest BCUT2D eigenvalue weighted by atomic mass is 9.97. The summed E-state index contributed by atoms with van der Waals surface area (Å²) < 4.78 is 10.6. The molecule has 3 N–H and O–H groups in total. The van der Waals surface area contributed by atoms with Gasteiger partial charge >= 0.3 is 0 Å². The first-order valence-electron chi connectivity index (χ1n) is 8.57. The molecule has 8 heteroatoms. The lowest BCUT2D eigenvalue weighted by Crippen LogP contribution is -2.52. The molecule has 0 aliphatic carbocycles. The summed E-state index contributed by atoms with van der Waals surface area (Å²) in [4.78, 5) is 23.8. The van der Waals surface area contributed by atoms with Crippen LogP contribution in [0.2, 0.25) is 5.02 Å². The SMILES string of the molecule is COCC(=O)N[C@@H]1CC[C@H](CC(=O)NCc2ccc(Cl)cc2)O[C@@H]1CO. The summed E-state index contributed by atoms with van der Waals surface area (Å²) in [5.41, 5.74) is 0.960. The predicted molar refractivity (Wildman–Crippen MR) is 96.7 cm³/mol. The molecule has 1 aliphatic heterocycles. The van der Waals surface area contributed by atoms with Crippen molar-refractivity contribution in [3.05, 3.63) is 34.9 Å². The minimum absolute atomic E-state index is 0.0365. The van der Waals surface area contributed by atoms with E-state index in [0.29, 0.717) is 24.4 Å². The Bertz CT molecular complexity index is 596. The highest BCUT2D eigenvalue weighted by Gasteiger charge is 2.32. The van der Waals surface area contributed by atoms with Gasteiger partial charge in [0.1, 0.15) is 12.7 Å². The molecule has 3 atom stereocenters. The third-order valence-electron chi connectivity index (χ3n) is 4.23. The molecule has 0 bridgehead atoms. The summed E-state index contributed by atoms with van der Waals surface area (Å²) >= 11 is 5.83. The molecule has 7 nitrogen and oxygen atoms in total. The number of carbonyl (C=O) groups excluding carboxylic acids is 2. The van der Waals surface area contributed by atoms with Crippen LogP contribution in [0, 0.1) is 0 Å². The Morgan fingerprint density at radius 1 is 1.27 bits per heavy atom. The highest BCUT2D eigenvalue weighted by atomic mass is 35.5. The lowest BCUT2D eigenvalue weighted by molar-refractivity contribution is -0.137. The summed E-state index contributed by atoms with van der Waals surface area (Å²) in [6.07, 6.45) is 0.660. The van der Waals surface area contributed by atoms with Crippen LogP contribution in [0.1, 0.15) is 24.8 Å². The number of halogens is 1. The Kier molecular flexibility index (Phi) is 8.31. The van der Waals surface area contributed by atoms with Crippen LogP contribution in [-0.4, -0.2) is 55.5 Å². The second-order valence-corrected chi connectivity index (χ2v) is 6.71. The number of methoxy groups -OCH3 is 1. The standard InChI is InChI=1S/C18H25ClN2O5/c1-25-11-18(24)21-15-7-6-14(26-16(15)10-22)8-17(23)20-9-12-2-4-13(19)5-3-12/h2-5,14-16,22H,6-11H2,1H3,(H,20,23)(H,21,24)/t14-,15-,16-/m1/s1. The van der Waals surface area contributed by atoms with E-state index in [9.17, 15) is 14.7 Å². The van der Waals surface area contributed by atoms with Gasteiger partial charge in [0.05, 0.1) is 25.2 Å². The molecule has 1 heterocycles. The summed E-state index contributed by atoms with van der Waals surface area (Å²) in [7, 11) is 1.44. The number of carbonyl (C=O) groups is 2. The molecule has 0 radical (unpaired) electrons. The van der Waals surface area contributed by atoms with E-state index in [0.717, 1.165) is 5.56 Å². The van der Waals surface area contributed by atoms with E-state index >= 15 is 0 Å². The number of amides is 2. The Morgan fingerprint density at radius 3 is 2.65 bits per heavy atom. The number of nitrogens with one attached hydrogen (secondary N) is 2. The predicted octanol–water partition coefficient (Wildman–Crippen LogP) is 1.02. The monoisotopic (exact) mass is 384 g/mol. The molecular formula is C18H25ClN2O5. The molecule has 26 heavy (non-hydrogen) atoms. The molecule has 0 saturated carbocycles. The maximum Gasteiger partial charge on any atom is 0.246 e. The van der Waals surface area contributed by atoms with Crippen LogP contribution in [0.15, 0.2) is 24.3 Å². The molecule has 144 valence electrons. The molecule has 1 aliphatic rings. The van der Waals surface area contributed by atoms with Crippen LogP contribution in [0.5, 0.6) is 0 Å². The van der Waals surface area contributed by atoms with E-state index in [1.54, 1.807) is 12.1 Å². The Morgan fingerprint density at radius 2 is 2.00 bits per heavy atom. The van der Waals surface area contributed by atoms with Gasteiger partial charge in [0.2, 0.25) is 11.8 Å². The summed E-state index contributed by atoms with van der Waals surface area (Å²) in [5, 5.41) is 15.8. The number of rotatable bonds is 8. The zero-order valence-corrected chi connectivity index (χ0v) is 15.5. The van der Waals surface area contributed by atoms with Crippen LogP contribution in [0.3, 0.4) is 0 Å². The van der Waals surface area contributed by atoms with Crippen molar-refractivity contribution in [2.45, 2.75) is 44.1 Å². The highest BCUT2D eigenvalue weighted by molar-refractivity contribution is 6.30. The fourth-order valence-electron chi connectivity index (χ4n) is 2.91. The maximum atomic E-state index is 12.1. The molecule has 0 aromatic heterocycles. The lowest BCUT2D eigenvalue weighted by Gasteiger charge is -2.35. The minimum atomic E-state index is -0.529. The van der Waals surface area contributed by atoms with Crippen molar-refractivity contribution in [1.82, 2.24) is 10.6 Å². The van der Waals surface area contributed by atoms with E-state index in [4.69, 9.17) is 21.1 Å². The molecule has 1 aromatic rings. The molecule has 0 unspecified atom stereocenters. The van der Waals surface area contributed by atoms with Crippen molar-refractivity contribution in [1.29, 1.82) is 0 Å². The van der Waals surface area contributed by atoms with E-state index in [2.05, 4.69) is 10.6 Å². The summed E-state index contributed by atoms with van der Waals surface area (Å²) in [6.45, 7) is 0.161. The van der Waals surface area contributed by atoms with Crippen molar-refractivity contribution in [3.8, 4) is 0 Å². The van der Waals surface area contributed by atoms with Gasteiger partial charge in [0.15, 0.2) is 0 Å². The molecule has 0 spiro atoms. The normalized spacial score (nSPS) is 22.7. The molecule has 1 fully saturated rings. The van der Waals surface area contributed by atoms with Gasteiger partial charge in [-0.2, -0.15) is 0 Å². The Hall–Kier alpha value is -1.67. The van der Waals surface area contributed by atoms with E-state index in [1.165, 1.54) is 7.11 Å². The number of aliphatic hydroxyl groups excluding tert-OH is 1. The van der Waals surface area contributed by atoms with Gasteiger partial charge in [-0.15, -0.1) is 0 Å². The highest BCUT2D eigenvalue weighted by Crippen LogP contribution is 2.22. The average molecular weight is 385 g/mol. The van der Waals surface area contributed by atoms with Gasteiger partial charge in [0.25, 0.3) is 0 Å². The number of aliphatic hydroxyl groups is 1. The first-order chi connectivity index (χ1) is 12.5. The summed E-state index contributed by atoms with van der Waals surface area (Å²) in [6, 6.07) is 6.98. The van der Waals surface area contributed by atoms with E-state index in [1.807, 2.05) is 12.1 Å². The van der Waals surface area contributed by atoms with Crippen LogP contribution in [-0.2, 0) is 25.6 Å². The molecule has 1 aromatic carbocycles. The second kappa shape index (κ2) is 10.5. The fraction of sp³-hybridized carbons (Fsp3) is 0.556. The zero-order chi connectivity index (χ0) is 18.9. The van der Waals surface area contributed by atoms with Crippen molar-refractivity contribution in [3.63, 3.8) is 0 Å². The van der Waals surface area contributed by atoms with Gasteiger partial charge < -0.3 is 25.2 Å². The van der Waals surface area contributed by atoms with Gasteiger partial charge in [0, 0.05) is 18.7 Å². The smallest absolute Gasteiger partial charge is 0.246 e. The van der Waals surface area contributed by atoms with Crippen LogP contribution >= 0.6 is 11.6 Å². The van der Waals surface area contributed by atoms with Crippen molar-refractivity contribution < 1.29 is 24.2 Å². The topological polar surface area (TPSA) is 96.9 Å². The fourth-order valence-corrected chi connectivity index (χ4v) is 3.03. The maximum absolute atomic E-state index is 12.1. The zero-order valence-electron chi connectivity index (χ0n) is 14.7. The number of ether oxygens (including phenoxy) is 2. The van der Waals surface area contributed by atoms with Crippen LogP contribution in [0.4, 0.5) is 0 Å². The minimum Gasteiger partial charge on any atom is -0.394 e. The molecule has 1 saturated heterocycles. The van der Waals surface area contributed by atoms with Gasteiger partial charge in [-0.05, 0) is 30.5 Å². The third-order valence-corrected chi connectivity index (χ3v) is 4.49. The van der Waals surface area contributed by atoms with Crippen molar-refractivity contribution in [2.24, 2.45) is 0 Å². The number of hydrogen-bond donors (Lipinski definition) is 3. The second-order valence-electron chi connectivity index (χ2n) is 6.27. The third kappa shape index (κ3) is 6.57. The molecular weight excluding hydrogens is 360 g/mol. The average Bonchev–Trinajstić information content (AvgIpc) is 2.62. The van der Waals surface area contributed by atoms with E-state index in [-0.39, 0.29) is 43.6 Å². The number of hydrogen-bond acceptors (Lipinski definition) is 5. The van der Waals surface area contributed by atoms with Gasteiger partial charge in [-0.25, -0.2) is 0 Å². The Balaban J connectivity index is 1.76.